The van der Waals surface area contributed by atoms with Crippen molar-refractivity contribution < 1.29 is 13.9 Å². The molecule has 7 rings (SSSR count). The molecule has 0 atom stereocenters. The minimum Gasteiger partial charge on any atom is -0.507 e. The molecule has 0 unspecified atom stereocenters. The molecule has 0 aliphatic heterocycles. The lowest BCUT2D eigenvalue weighted by atomic mass is 10.0. The number of hydrogen-bond acceptors (Lipinski definition) is 3. The number of aromatic hydroxyl groups is 1. The van der Waals surface area contributed by atoms with Crippen LogP contribution in [0.3, 0.4) is 0 Å². The average Bonchev–Trinajstić information content (AvgIpc) is 3.32. The van der Waals surface area contributed by atoms with E-state index in [4.69, 9.17) is 20.4 Å². The molecular formula is C26H13ClO3. The number of phenolic OH excluding ortho intramolecular Hbond substituents is 1. The standard InChI is InChI=1S/C26H13ClO3/c27-20-12-19-18-11-17-14(5-3-7-21(17)28)10-22(18)29-25(19)26-23(20)16-9-8-13-4-1-2-6-15(13)24(16)30-26/h1-12,28H. The van der Waals surface area contributed by atoms with Gasteiger partial charge in [0.05, 0.1) is 10.4 Å². The van der Waals surface area contributed by atoms with Gasteiger partial charge in [0.25, 0.3) is 0 Å². The van der Waals surface area contributed by atoms with E-state index in [1.807, 2.05) is 42.5 Å². The monoisotopic (exact) mass is 408 g/mol. The Bertz CT molecular complexity index is 1820. The summed E-state index contributed by atoms with van der Waals surface area (Å²) in [7, 11) is 0. The van der Waals surface area contributed by atoms with E-state index in [9.17, 15) is 5.11 Å². The first-order chi connectivity index (χ1) is 14.7. The van der Waals surface area contributed by atoms with Gasteiger partial charge in [-0.3, -0.25) is 0 Å². The lowest BCUT2D eigenvalue weighted by Crippen LogP contribution is -1.75. The SMILES string of the molecule is Oc1cccc2cc3oc4c(cc(Cl)c5c6ccc7ccccc7c6oc45)c3cc12. The zero-order valence-electron chi connectivity index (χ0n) is 15.6. The third-order valence-corrected chi connectivity index (χ3v) is 6.30. The van der Waals surface area contributed by atoms with Crippen molar-refractivity contribution in [3.63, 3.8) is 0 Å². The fourth-order valence-corrected chi connectivity index (χ4v) is 4.90. The van der Waals surface area contributed by atoms with E-state index < -0.39 is 0 Å². The molecule has 0 bridgehead atoms. The molecule has 1 N–H and O–H groups in total. The third-order valence-electron chi connectivity index (χ3n) is 6.00. The Morgan fingerprint density at radius 3 is 2.40 bits per heavy atom. The summed E-state index contributed by atoms with van der Waals surface area (Å²) in [6, 6.07) is 23.6. The van der Waals surface area contributed by atoms with Crippen LogP contribution in [0.2, 0.25) is 5.02 Å². The molecule has 0 aliphatic carbocycles. The van der Waals surface area contributed by atoms with Crippen LogP contribution in [0.5, 0.6) is 5.75 Å². The van der Waals surface area contributed by atoms with Gasteiger partial charge in [-0.05, 0) is 41.1 Å². The highest BCUT2D eigenvalue weighted by Gasteiger charge is 2.20. The number of halogens is 1. The van der Waals surface area contributed by atoms with E-state index in [2.05, 4.69) is 24.3 Å². The second-order valence-electron chi connectivity index (χ2n) is 7.65. The lowest BCUT2D eigenvalue weighted by molar-refractivity contribution is 0.481. The molecule has 7 aromatic rings. The molecule has 5 aromatic carbocycles. The highest BCUT2D eigenvalue weighted by molar-refractivity contribution is 6.41. The molecule has 4 heteroatoms. The highest BCUT2D eigenvalue weighted by Crippen LogP contribution is 2.45. The molecular weight excluding hydrogens is 396 g/mol. The number of rotatable bonds is 0. The summed E-state index contributed by atoms with van der Waals surface area (Å²) in [6.45, 7) is 0. The Balaban J connectivity index is 1.71. The second kappa shape index (κ2) is 5.47. The molecule has 0 fully saturated rings. The van der Waals surface area contributed by atoms with Gasteiger partial charge in [0.15, 0.2) is 11.2 Å². The van der Waals surface area contributed by atoms with Crippen LogP contribution in [0.4, 0.5) is 0 Å². The predicted octanol–water partition coefficient (Wildman–Crippen LogP) is 8.15. The van der Waals surface area contributed by atoms with Gasteiger partial charge in [-0.15, -0.1) is 0 Å². The number of furan rings is 2. The van der Waals surface area contributed by atoms with Crippen molar-refractivity contribution >= 4 is 77.0 Å². The summed E-state index contributed by atoms with van der Waals surface area (Å²) in [4.78, 5) is 0. The fraction of sp³-hybridized carbons (Fsp3) is 0. The van der Waals surface area contributed by atoms with Gasteiger partial charge in [-0.1, -0.05) is 54.1 Å². The topological polar surface area (TPSA) is 46.5 Å². The van der Waals surface area contributed by atoms with Gasteiger partial charge in [0, 0.05) is 26.9 Å². The third kappa shape index (κ3) is 1.95. The molecule has 3 nitrogen and oxygen atoms in total. The fourth-order valence-electron chi connectivity index (χ4n) is 4.60. The van der Waals surface area contributed by atoms with E-state index in [1.54, 1.807) is 6.07 Å². The molecule has 0 saturated heterocycles. The first-order valence-corrected chi connectivity index (χ1v) is 10.1. The predicted molar refractivity (Wildman–Crippen MR) is 123 cm³/mol. The Hall–Kier alpha value is -3.69. The van der Waals surface area contributed by atoms with Crippen molar-refractivity contribution in [3.8, 4) is 5.75 Å². The smallest absolute Gasteiger partial charge is 0.180 e. The van der Waals surface area contributed by atoms with Crippen LogP contribution in [-0.4, -0.2) is 5.11 Å². The largest absolute Gasteiger partial charge is 0.507 e. The Kier molecular flexibility index (Phi) is 2.94. The van der Waals surface area contributed by atoms with Crippen molar-refractivity contribution in [2.24, 2.45) is 0 Å². The maximum atomic E-state index is 10.3. The summed E-state index contributed by atoms with van der Waals surface area (Å²) >= 11 is 6.76. The Morgan fingerprint density at radius 2 is 1.47 bits per heavy atom. The van der Waals surface area contributed by atoms with Gasteiger partial charge in [0.1, 0.15) is 16.9 Å². The van der Waals surface area contributed by atoms with E-state index in [1.165, 1.54) is 0 Å². The minimum atomic E-state index is 0.242. The van der Waals surface area contributed by atoms with Gasteiger partial charge in [-0.2, -0.15) is 0 Å². The molecule has 2 heterocycles. The first-order valence-electron chi connectivity index (χ1n) is 9.69. The molecule has 142 valence electrons. The Labute approximate surface area is 174 Å². The maximum Gasteiger partial charge on any atom is 0.180 e. The molecule has 30 heavy (non-hydrogen) atoms. The van der Waals surface area contributed by atoms with Gasteiger partial charge in [0.2, 0.25) is 0 Å². The van der Waals surface area contributed by atoms with E-state index in [-0.39, 0.29) is 5.75 Å². The molecule has 0 saturated carbocycles. The van der Waals surface area contributed by atoms with E-state index in [0.717, 1.165) is 54.3 Å². The summed E-state index contributed by atoms with van der Waals surface area (Å²) < 4.78 is 12.7. The highest BCUT2D eigenvalue weighted by atomic mass is 35.5. The van der Waals surface area contributed by atoms with Crippen LogP contribution in [0.25, 0.3) is 65.4 Å². The van der Waals surface area contributed by atoms with Crippen molar-refractivity contribution in [2.75, 3.05) is 0 Å². The van der Waals surface area contributed by atoms with Crippen LogP contribution in [-0.2, 0) is 0 Å². The summed E-state index contributed by atoms with van der Waals surface area (Å²) in [5.41, 5.74) is 2.85. The second-order valence-corrected chi connectivity index (χ2v) is 8.06. The zero-order valence-corrected chi connectivity index (χ0v) is 16.3. The molecule has 0 spiro atoms. The van der Waals surface area contributed by atoms with Gasteiger partial charge < -0.3 is 13.9 Å². The van der Waals surface area contributed by atoms with Crippen molar-refractivity contribution in [2.45, 2.75) is 0 Å². The number of hydrogen-bond donors (Lipinski definition) is 1. The number of phenols is 1. The van der Waals surface area contributed by atoms with Crippen molar-refractivity contribution in [3.05, 3.63) is 77.8 Å². The normalized spacial score (nSPS) is 12.3. The molecule has 0 aliphatic rings. The summed E-state index contributed by atoms with van der Waals surface area (Å²) in [5, 5.41) is 18.4. The quantitative estimate of drug-likeness (QED) is 0.275. The maximum absolute atomic E-state index is 10.3. The van der Waals surface area contributed by atoms with Crippen LogP contribution in [0.1, 0.15) is 0 Å². The summed E-state index contributed by atoms with van der Waals surface area (Å²) in [6.07, 6.45) is 0. The molecule has 2 aromatic heterocycles. The molecule has 0 amide bonds. The van der Waals surface area contributed by atoms with E-state index in [0.29, 0.717) is 16.2 Å². The van der Waals surface area contributed by atoms with Crippen molar-refractivity contribution in [1.82, 2.24) is 0 Å². The van der Waals surface area contributed by atoms with Crippen LogP contribution in [0, 0.1) is 0 Å². The average molecular weight is 409 g/mol. The van der Waals surface area contributed by atoms with Crippen molar-refractivity contribution in [1.29, 1.82) is 0 Å². The lowest BCUT2D eigenvalue weighted by Gasteiger charge is -2.00. The van der Waals surface area contributed by atoms with Gasteiger partial charge in [-0.25, -0.2) is 0 Å². The van der Waals surface area contributed by atoms with Crippen LogP contribution in [0.15, 0.2) is 81.6 Å². The minimum absolute atomic E-state index is 0.242. The number of fused-ring (bicyclic) bond motifs is 10. The van der Waals surface area contributed by atoms with E-state index >= 15 is 0 Å². The van der Waals surface area contributed by atoms with Crippen LogP contribution >= 0.6 is 11.6 Å². The Morgan fingerprint density at radius 1 is 0.600 bits per heavy atom. The summed E-state index contributed by atoms with van der Waals surface area (Å²) in [5.74, 6) is 0.242. The van der Waals surface area contributed by atoms with Gasteiger partial charge >= 0.3 is 0 Å². The first kappa shape index (κ1) is 16.1. The molecule has 0 radical (unpaired) electrons. The zero-order chi connectivity index (χ0) is 20.0. The number of benzene rings is 5. The van der Waals surface area contributed by atoms with Crippen LogP contribution < -0.4 is 0 Å².